The molecule has 0 aromatic heterocycles. The van der Waals surface area contributed by atoms with Crippen LogP contribution in [0.3, 0.4) is 0 Å². The number of alkyl carbamates (subject to hydrolysis) is 1. The molecule has 1 fully saturated rings. The van der Waals surface area contributed by atoms with Gasteiger partial charge in [-0.3, -0.25) is 9.59 Å². The molecule has 0 bridgehead atoms. The van der Waals surface area contributed by atoms with Crippen molar-refractivity contribution in [3.63, 3.8) is 0 Å². The maximum atomic E-state index is 14.3. The number of rotatable bonds is 10. The number of aryl methyl sites for hydroxylation is 4. The summed E-state index contributed by atoms with van der Waals surface area (Å²) in [5.74, 6) is 0.143. The lowest BCUT2D eigenvalue weighted by Gasteiger charge is -2.35. The Hall–Kier alpha value is -3.00. The van der Waals surface area contributed by atoms with Crippen molar-refractivity contribution in [2.75, 3.05) is 17.3 Å². The van der Waals surface area contributed by atoms with Gasteiger partial charge in [-0.25, -0.2) is 4.79 Å². The van der Waals surface area contributed by atoms with Gasteiger partial charge in [0.2, 0.25) is 5.91 Å². The third kappa shape index (κ3) is 8.49. The van der Waals surface area contributed by atoms with Crippen LogP contribution in [0.4, 0.5) is 10.5 Å². The summed E-state index contributed by atoms with van der Waals surface area (Å²) in [5, 5.41) is 5.95. The molecule has 0 aliphatic heterocycles. The van der Waals surface area contributed by atoms with Gasteiger partial charge in [0.15, 0.2) is 0 Å². The van der Waals surface area contributed by atoms with Crippen LogP contribution in [-0.2, 0) is 14.3 Å². The summed E-state index contributed by atoms with van der Waals surface area (Å²) in [6, 6.07) is 10.1. The zero-order valence-corrected chi connectivity index (χ0v) is 25.3. The molecule has 2 unspecified atom stereocenters. The summed E-state index contributed by atoms with van der Waals surface area (Å²) in [4.78, 5) is 42.9. The SMILES string of the molecule is CSCCC(NC(=O)OC(C)(C)C)C(=O)N(C1CC1)C(C(=O)Nc1c(C)cccc1C)c1cc(C)cc(C)c1. The minimum Gasteiger partial charge on any atom is -0.444 e. The van der Waals surface area contributed by atoms with Crippen LogP contribution in [0.15, 0.2) is 36.4 Å². The van der Waals surface area contributed by atoms with E-state index in [2.05, 4.69) is 16.7 Å². The van der Waals surface area contributed by atoms with E-state index in [1.165, 1.54) is 0 Å². The van der Waals surface area contributed by atoms with Crippen LogP contribution in [0.25, 0.3) is 0 Å². The van der Waals surface area contributed by atoms with E-state index in [4.69, 9.17) is 4.74 Å². The smallest absolute Gasteiger partial charge is 0.408 e. The molecule has 2 atom stereocenters. The van der Waals surface area contributed by atoms with Crippen molar-refractivity contribution in [1.82, 2.24) is 10.2 Å². The van der Waals surface area contributed by atoms with Gasteiger partial charge in [-0.15, -0.1) is 0 Å². The lowest BCUT2D eigenvalue weighted by Crippen LogP contribution is -2.53. The molecular weight excluding hydrogens is 510 g/mol. The summed E-state index contributed by atoms with van der Waals surface area (Å²) in [5.41, 5.74) is 4.77. The Morgan fingerprint density at radius 2 is 1.62 bits per heavy atom. The number of hydrogen-bond acceptors (Lipinski definition) is 5. The summed E-state index contributed by atoms with van der Waals surface area (Å²) >= 11 is 1.60. The van der Waals surface area contributed by atoms with Crippen LogP contribution in [0, 0.1) is 27.7 Å². The first kappa shape index (κ1) is 30.5. The summed E-state index contributed by atoms with van der Waals surface area (Å²) in [6.07, 6.45) is 3.38. The number of ether oxygens (including phenoxy) is 1. The number of benzene rings is 2. The fraction of sp³-hybridized carbons (Fsp3) is 0.516. The predicted octanol–water partition coefficient (Wildman–Crippen LogP) is 6.24. The number of nitrogens with zero attached hydrogens (tertiary/aromatic N) is 1. The van der Waals surface area contributed by atoms with Crippen LogP contribution in [0.2, 0.25) is 0 Å². The second-order valence-corrected chi connectivity index (χ2v) is 12.5. The highest BCUT2D eigenvalue weighted by Gasteiger charge is 2.44. The predicted molar refractivity (Wildman–Crippen MR) is 159 cm³/mol. The minimum absolute atomic E-state index is 0.0794. The van der Waals surface area contributed by atoms with Gasteiger partial charge in [-0.05, 0) is 96.4 Å². The maximum Gasteiger partial charge on any atom is 0.408 e. The molecule has 0 radical (unpaired) electrons. The first-order valence-corrected chi connectivity index (χ1v) is 15.0. The van der Waals surface area contributed by atoms with Crippen molar-refractivity contribution < 1.29 is 19.1 Å². The van der Waals surface area contributed by atoms with Crippen LogP contribution in [0.5, 0.6) is 0 Å². The van der Waals surface area contributed by atoms with Crippen molar-refractivity contribution in [3.05, 3.63) is 64.2 Å². The van der Waals surface area contributed by atoms with E-state index < -0.39 is 23.8 Å². The quantitative estimate of drug-likeness (QED) is 0.364. The van der Waals surface area contributed by atoms with E-state index >= 15 is 0 Å². The fourth-order valence-electron chi connectivity index (χ4n) is 4.80. The Morgan fingerprint density at radius 1 is 1.03 bits per heavy atom. The van der Waals surface area contributed by atoms with Crippen molar-refractivity contribution in [3.8, 4) is 0 Å². The number of carbonyl (C=O) groups excluding carboxylic acids is 3. The second kappa shape index (κ2) is 12.9. The van der Waals surface area contributed by atoms with E-state index in [-0.39, 0.29) is 17.9 Å². The Balaban J connectivity index is 2.04. The molecule has 1 saturated carbocycles. The Morgan fingerprint density at radius 3 is 2.13 bits per heavy atom. The van der Waals surface area contributed by atoms with Gasteiger partial charge in [0, 0.05) is 11.7 Å². The highest BCUT2D eigenvalue weighted by Crippen LogP contribution is 2.37. The highest BCUT2D eigenvalue weighted by atomic mass is 32.2. The van der Waals surface area contributed by atoms with E-state index in [0.717, 1.165) is 46.3 Å². The van der Waals surface area contributed by atoms with Gasteiger partial charge >= 0.3 is 6.09 Å². The molecule has 2 aromatic rings. The van der Waals surface area contributed by atoms with Crippen LogP contribution >= 0.6 is 11.8 Å². The number of anilines is 1. The molecule has 7 nitrogen and oxygen atoms in total. The van der Waals surface area contributed by atoms with E-state index in [1.54, 1.807) is 37.4 Å². The van der Waals surface area contributed by atoms with Crippen molar-refractivity contribution >= 4 is 35.4 Å². The molecule has 2 aromatic carbocycles. The average Bonchev–Trinajstić information content (AvgIpc) is 3.65. The van der Waals surface area contributed by atoms with E-state index in [1.807, 2.05) is 64.3 Å². The number of thioether (sulfide) groups is 1. The topological polar surface area (TPSA) is 87.7 Å². The molecule has 3 rings (SSSR count). The Labute approximate surface area is 237 Å². The van der Waals surface area contributed by atoms with Crippen molar-refractivity contribution in [2.45, 2.75) is 91.5 Å². The summed E-state index contributed by atoms with van der Waals surface area (Å²) < 4.78 is 5.48. The number of para-hydroxylation sites is 1. The second-order valence-electron chi connectivity index (χ2n) is 11.5. The van der Waals surface area contributed by atoms with Gasteiger partial charge in [-0.2, -0.15) is 11.8 Å². The first-order chi connectivity index (χ1) is 18.3. The molecule has 212 valence electrons. The third-order valence-corrected chi connectivity index (χ3v) is 7.25. The number of amides is 3. The van der Waals surface area contributed by atoms with Gasteiger partial charge < -0.3 is 20.3 Å². The zero-order valence-electron chi connectivity index (χ0n) is 24.5. The van der Waals surface area contributed by atoms with E-state index in [0.29, 0.717) is 12.2 Å². The molecule has 8 heteroatoms. The molecular formula is C31H43N3O4S. The third-order valence-electron chi connectivity index (χ3n) is 6.61. The molecule has 3 amide bonds. The minimum atomic E-state index is -0.847. The van der Waals surface area contributed by atoms with Crippen LogP contribution in [-0.4, -0.2) is 52.5 Å². The molecule has 0 saturated heterocycles. The largest absolute Gasteiger partial charge is 0.444 e. The number of nitrogens with one attached hydrogen (secondary N) is 2. The Bertz CT molecular complexity index is 1160. The molecule has 39 heavy (non-hydrogen) atoms. The molecule has 1 aliphatic rings. The fourth-order valence-corrected chi connectivity index (χ4v) is 5.27. The average molecular weight is 554 g/mol. The normalized spacial score (nSPS) is 14.8. The molecule has 1 aliphatic carbocycles. The lowest BCUT2D eigenvalue weighted by molar-refractivity contribution is -0.141. The Kier molecular flexibility index (Phi) is 10.1. The number of hydrogen-bond donors (Lipinski definition) is 2. The summed E-state index contributed by atoms with van der Waals surface area (Å²) in [6.45, 7) is 13.3. The van der Waals surface area contributed by atoms with Crippen LogP contribution < -0.4 is 10.6 Å². The van der Waals surface area contributed by atoms with Crippen molar-refractivity contribution in [2.24, 2.45) is 0 Å². The lowest BCUT2D eigenvalue weighted by atomic mass is 9.97. The summed E-state index contributed by atoms with van der Waals surface area (Å²) in [7, 11) is 0. The van der Waals surface area contributed by atoms with Gasteiger partial charge in [0.05, 0.1) is 0 Å². The molecule has 0 heterocycles. The maximum absolute atomic E-state index is 14.3. The molecule has 0 spiro atoms. The van der Waals surface area contributed by atoms with Crippen molar-refractivity contribution in [1.29, 1.82) is 0 Å². The van der Waals surface area contributed by atoms with Crippen LogP contribution in [0.1, 0.15) is 73.9 Å². The molecule has 2 N–H and O–H groups in total. The van der Waals surface area contributed by atoms with Gasteiger partial charge in [-0.1, -0.05) is 47.5 Å². The van der Waals surface area contributed by atoms with Gasteiger partial charge in [0.25, 0.3) is 5.91 Å². The first-order valence-electron chi connectivity index (χ1n) is 13.6. The van der Waals surface area contributed by atoms with E-state index in [9.17, 15) is 14.4 Å². The number of carbonyl (C=O) groups is 3. The van der Waals surface area contributed by atoms with Gasteiger partial charge in [0.1, 0.15) is 17.7 Å². The monoisotopic (exact) mass is 553 g/mol. The standard InChI is InChI=1S/C31H43N3O4S/c1-19-16-20(2)18-23(17-19)27(28(35)33-26-21(3)10-9-11-22(26)4)34(24-12-13-24)29(36)25(14-15-39-8)32-30(37)38-31(5,6)7/h9-11,16-18,24-25,27H,12-15H2,1-8H3,(H,32,37)(H,33,35). The highest BCUT2D eigenvalue weighted by molar-refractivity contribution is 7.98. The zero-order chi connectivity index (χ0) is 28.9.